The first-order valence-corrected chi connectivity index (χ1v) is 7.29. The maximum absolute atomic E-state index is 9.19. The Bertz CT molecular complexity index is 472. The minimum Gasteiger partial charge on any atom is -0.365 e. The molecule has 1 fully saturated rings. The van der Waals surface area contributed by atoms with Crippen LogP contribution in [0.4, 0.5) is 5.82 Å². The van der Waals surface area contributed by atoms with E-state index in [-0.39, 0.29) is 0 Å². The molecule has 1 aromatic heterocycles. The van der Waals surface area contributed by atoms with Gasteiger partial charge in [-0.2, -0.15) is 17.0 Å². The number of thioether (sulfide) groups is 1. The predicted octanol–water partition coefficient (Wildman–Crippen LogP) is 2.36. The Kier molecular flexibility index (Phi) is 2.94. The normalized spacial score (nSPS) is 22.2. The smallest absolute Gasteiger partial charge is 0.144 e. The molecule has 1 N–H and O–H groups in total. The lowest BCUT2D eigenvalue weighted by atomic mass is 10.1. The number of fused-ring (bicyclic) bond motifs is 1. The van der Waals surface area contributed by atoms with E-state index in [2.05, 4.69) is 16.4 Å². The number of rotatable bonds is 2. The lowest BCUT2D eigenvalue weighted by Crippen LogP contribution is -2.20. The predicted molar refractivity (Wildman–Crippen MR) is 70.3 cm³/mol. The summed E-state index contributed by atoms with van der Waals surface area (Å²) in [4.78, 5) is 4.64. The molecule has 1 aromatic rings. The van der Waals surface area contributed by atoms with E-state index in [4.69, 9.17) is 0 Å². The van der Waals surface area contributed by atoms with Crippen LogP contribution < -0.4 is 5.32 Å². The Balaban J connectivity index is 1.89. The summed E-state index contributed by atoms with van der Waals surface area (Å²) in [5.74, 6) is 3.15. The van der Waals surface area contributed by atoms with Crippen molar-refractivity contribution < 1.29 is 0 Å². The topological polar surface area (TPSA) is 48.7 Å². The van der Waals surface area contributed by atoms with Crippen molar-refractivity contribution in [3.8, 4) is 6.07 Å². The molecule has 0 bridgehead atoms. The third-order valence-corrected chi connectivity index (χ3v) is 4.60. The minimum absolute atomic E-state index is 0.485. The Morgan fingerprint density at radius 2 is 2.41 bits per heavy atom. The molecule has 3 rings (SSSR count). The van der Waals surface area contributed by atoms with E-state index in [1.54, 1.807) is 0 Å². The van der Waals surface area contributed by atoms with Crippen molar-refractivity contribution in [1.82, 2.24) is 4.98 Å². The van der Waals surface area contributed by atoms with Crippen LogP contribution in [0.3, 0.4) is 0 Å². The summed E-state index contributed by atoms with van der Waals surface area (Å²) >= 11 is 1.97. The van der Waals surface area contributed by atoms with E-state index in [9.17, 15) is 5.26 Å². The summed E-state index contributed by atoms with van der Waals surface area (Å²) in [7, 11) is 0. The van der Waals surface area contributed by atoms with Crippen molar-refractivity contribution in [3.63, 3.8) is 0 Å². The van der Waals surface area contributed by atoms with E-state index < -0.39 is 0 Å². The van der Waals surface area contributed by atoms with E-state index in [1.807, 2.05) is 17.8 Å². The van der Waals surface area contributed by atoms with Gasteiger partial charge in [-0.3, -0.25) is 0 Å². The number of aromatic nitrogens is 1. The molecule has 1 aliphatic heterocycles. The zero-order valence-electron chi connectivity index (χ0n) is 9.70. The minimum atomic E-state index is 0.485. The van der Waals surface area contributed by atoms with Crippen LogP contribution in [0.15, 0.2) is 6.07 Å². The van der Waals surface area contributed by atoms with Gasteiger partial charge in [0.05, 0.1) is 5.56 Å². The third kappa shape index (κ3) is 2.12. The first-order chi connectivity index (χ1) is 8.36. The number of anilines is 1. The molecule has 4 heteroatoms. The highest BCUT2D eigenvalue weighted by Gasteiger charge is 2.20. The van der Waals surface area contributed by atoms with Crippen molar-refractivity contribution in [2.75, 3.05) is 16.8 Å². The number of nitrogens with one attached hydrogen (secondary N) is 1. The van der Waals surface area contributed by atoms with E-state index in [0.717, 1.165) is 24.4 Å². The average molecular weight is 245 g/mol. The molecule has 2 heterocycles. The molecule has 3 nitrogen and oxygen atoms in total. The van der Waals surface area contributed by atoms with Crippen molar-refractivity contribution in [2.45, 2.75) is 31.7 Å². The molecule has 1 saturated heterocycles. The van der Waals surface area contributed by atoms with Crippen molar-refractivity contribution >= 4 is 17.6 Å². The number of hydrogen-bond donors (Lipinski definition) is 1. The van der Waals surface area contributed by atoms with Gasteiger partial charge in [-0.25, -0.2) is 4.98 Å². The highest BCUT2D eigenvalue weighted by atomic mass is 32.2. The van der Waals surface area contributed by atoms with Crippen LogP contribution in [0.1, 0.15) is 29.7 Å². The molecular formula is C13H15N3S. The quantitative estimate of drug-likeness (QED) is 0.869. The summed E-state index contributed by atoms with van der Waals surface area (Å²) in [5.41, 5.74) is 3.17. The Morgan fingerprint density at radius 1 is 1.47 bits per heavy atom. The van der Waals surface area contributed by atoms with Gasteiger partial charge in [0.2, 0.25) is 0 Å². The van der Waals surface area contributed by atoms with Gasteiger partial charge < -0.3 is 5.32 Å². The summed E-state index contributed by atoms with van der Waals surface area (Å²) in [6, 6.07) is 4.78. The zero-order chi connectivity index (χ0) is 11.7. The molecule has 1 aliphatic carbocycles. The van der Waals surface area contributed by atoms with Crippen LogP contribution in [0.25, 0.3) is 0 Å². The SMILES string of the molecule is N#Cc1cc2c(nc1NC1CCSC1)CCC2. The summed E-state index contributed by atoms with van der Waals surface area (Å²) in [5, 5.41) is 12.6. The van der Waals surface area contributed by atoms with Gasteiger partial charge in [-0.1, -0.05) is 0 Å². The third-order valence-electron chi connectivity index (χ3n) is 3.44. The van der Waals surface area contributed by atoms with E-state index >= 15 is 0 Å². The summed E-state index contributed by atoms with van der Waals surface area (Å²) in [6.07, 6.45) is 4.50. The first-order valence-electron chi connectivity index (χ1n) is 6.14. The second-order valence-corrected chi connectivity index (χ2v) is 5.81. The number of nitriles is 1. The Labute approximate surface area is 106 Å². The molecule has 0 amide bonds. The molecule has 0 saturated carbocycles. The lowest BCUT2D eigenvalue weighted by molar-refractivity contribution is 0.803. The summed E-state index contributed by atoms with van der Waals surface area (Å²) < 4.78 is 0. The van der Waals surface area contributed by atoms with Crippen LogP contribution in [0.2, 0.25) is 0 Å². The number of hydrogen-bond acceptors (Lipinski definition) is 4. The van der Waals surface area contributed by atoms with Crippen LogP contribution in [-0.4, -0.2) is 22.5 Å². The van der Waals surface area contributed by atoms with E-state index in [0.29, 0.717) is 11.6 Å². The number of aryl methyl sites for hydroxylation is 2. The molecule has 88 valence electrons. The van der Waals surface area contributed by atoms with Crippen LogP contribution in [0, 0.1) is 11.3 Å². The molecular weight excluding hydrogens is 230 g/mol. The highest BCUT2D eigenvalue weighted by molar-refractivity contribution is 7.99. The number of nitrogens with zero attached hydrogens (tertiary/aromatic N) is 2. The number of pyridine rings is 1. The standard InChI is InChI=1S/C13H15N3S/c14-7-10-6-9-2-1-3-12(9)16-13(10)15-11-4-5-17-8-11/h6,11H,1-5,8H2,(H,15,16). The van der Waals surface area contributed by atoms with Gasteiger partial charge in [-0.05, 0) is 43.1 Å². The van der Waals surface area contributed by atoms with Crippen LogP contribution in [-0.2, 0) is 12.8 Å². The van der Waals surface area contributed by atoms with Crippen molar-refractivity contribution in [2.24, 2.45) is 0 Å². The molecule has 17 heavy (non-hydrogen) atoms. The molecule has 2 aliphatic rings. The van der Waals surface area contributed by atoms with Gasteiger partial charge in [0.25, 0.3) is 0 Å². The van der Waals surface area contributed by atoms with Gasteiger partial charge in [-0.15, -0.1) is 0 Å². The molecule has 0 aromatic carbocycles. The second-order valence-electron chi connectivity index (χ2n) is 4.66. The molecule has 1 unspecified atom stereocenters. The fourth-order valence-corrected chi connectivity index (χ4v) is 3.66. The molecule has 0 radical (unpaired) electrons. The van der Waals surface area contributed by atoms with Gasteiger partial charge in [0.15, 0.2) is 0 Å². The van der Waals surface area contributed by atoms with Gasteiger partial charge >= 0.3 is 0 Å². The fourth-order valence-electron chi connectivity index (χ4n) is 2.51. The lowest BCUT2D eigenvalue weighted by Gasteiger charge is -2.14. The largest absolute Gasteiger partial charge is 0.365 e. The second kappa shape index (κ2) is 4.58. The zero-order valence-corrected chi connectivity index (χ0v) is 10.5. The van der Waals surface area contributed by atoms with Gasteiger partial charge in [0.1, 0.15) is 11.9 Å². The highest BCUT2D eigenvalue weighted by Crippen LogP contribution is 2.27. The van der Waals surface area contributed by atoms with Crippen molar-refractivity contribution in [3.05, 3.63) is 22.9 Å². The van der Waals surface area contributed by atoms with Crippen molar-refractivity contribution in [1.29, 1.82) is 5.26 Å². The van der Waals surface area contributed by atoms with Gasteiger partial charge in [0, 0.05) is 17.5 Å². The Hall–Kier alpha value is -1.21. The molecule has 0 spiro atoms. The average Bonchev–Trinajstić information content (AvgIpc) is 2.98. The summed E-state index contributed by atoms with van der Waals surface area (Å²) in [6.45, 7) is 0. The van der Waals surface area contributed by atoms with Crippen LogP contribution in [0.5, 0.6) is 0 Å². The maximum atomic E-state index is 9.19. The van der Waals surface area contributed by atoms with Crippen LogP contribution >= 0.6 is 11.8 Å². The molecule has 1 atom stereocenters. The Morgan fingerprint density at radius 3 is 3.18 bits per heavy atom. The van der Waals surface area contributed by atoms with E-state index in [1.165, 1.54) is 29.9 Å². The monoisotopic (exact) mass is 245 g/mol. The maximum Gasteiger partial charge on any atom is 0.144 e. The first kappa shape index (κ1) is 10.9. The fraction of sp³-hybridized carbons (Fsp3) is 0.538.